The predicted molar refractivity (Wildman–Crippen MR) is 71.2 cm³/mol. The van der Waals surface area contributed by atoms with Crippen molar-refractivity contribution in [2.75, 3.05) is 0 Å². The molecule has 0 amide bonds. The van der Waals surface area contributed by atoms with Crippen molar-refractivity contribution in [3.8, 4) is 0 Å². The highest BCUT2D eigenvalue weighted by Gasteiger charge is 2.19. The molecule has 1 fully saturated rings. The fourth-order valence-corrected chi connectivity index (χ4v) is 2.82. The summed E-state index contributed by atoms with van der Waals surface area (Å²) in [6, 6.07) is 2.36. The first-order valence-electron chi connectivity index (χ1n) is 6.59. The number of benzene rings is 1. The van der Waals surface area contributed by atoms with Gasteiger partial charge in [-0.1, -0.05) is 19.3 Å². The number of imidazole rings is 1. The molecular weight excluding hydrogens is 270 g/mol. The molecule has 1 aliphatic carbocycles. The molecule has 2 nitrogen and oxygen atoms in total. The van der Waals surface area contributed by atoms with E-state index in [1.807, 2.05) is 4.57 Å². The molecule has 19 heavy (non-hydrogen) atoms. The van der Waals surface area contributed by atoms with Crippen molar-refractivity contribution >= 4 is 22.6 Å². The minimum Gasteiger partial charge on any atom is -0.327 e. The Hall–Kier alpha value is -1.16. The van der Waals surface area contributed by atoms with Crippen LogP contribution in [0.25, 0.3) is 11.0 Å². The van der Waals surface area contributed by atoms with E-state index in [0.717, 1.165) is 24.9 Å². The van der Waals surface area contributed by atoms with Crippen molar-refractivity contribution in [3.05, 3.63) is 29.6 Å². The van der Waals surface area contributed by atoms with Gasteiger partial charge in [-0.15, -0.1) is 11.6 Å². The molecule has 1 heterocycles. The third-order valence-corrected chi connectivity index (χ3v) is 4.21. The lowest BCUT2D eigenvalue weighted by atomic mass is 9.83. The van der Waals surface area contributed by atoms with Crippen molar-refractivity contribution < 1.29 is 8.78 Å². The number of aromatic nitrogens is 2. The summed E-state index contributed by atoms with van der Waals surface area (Å²) in [7, 11) is 0. The van der Waals surface area contributed by atoms with Gasteiger partial charge in [-0.2, -0.15) is 0 Å². The lowest BCUT2D eigenvalue weighted by Crippen LogP contribution is -2.14. The molecule has 1 aromatic heterocycles. The maximum Gasteiger partial charge on any atom is 0.161 e. The normalized spacial score (nSPS) is 15.9. The van der Waals surface area contributed by atoms with Gasteiger partial charge >= 0.3 is 0 Å². The number of alkyl halides is 1. The zero-order chi connectivity index (χ0) is 13.4. The van der Waals surface area contributed by atoms with E-state index >= 15 is 0 Å². The van der Waals surface area contributed by atoms with E-state index in [-0.39, 0.29) is 5.88 Å². The zero-order valence-electron chi connectivity index (χ0n) is 10.5. The van der Waals surface area contributed by atoms with Crippen LogP contribution in [-0.4, -0.2) is 9.55 Å². The SMILES string of the molecule is Fc1cc2nc(CCl)n(CCC3CCC3)c2cc1F. The fourth-order valence-electron chi connectivity index (χ4n) is 2.61. The second kappa shape index (κ2) is 5.08. The molecule has 0 spiro atoms. The van der Waals surface area contributed by atoms with E-state index in [0.29, 0.717) is 16.9 Å². The maximum atomic E-state index is 13.4. The largest absolute Gasteiger partial charge is 0.327 e. The molecule has 0 bridgehead atoms. The predicted octanol–water partition coefficient (Wildman–Crippen LogP) is 4.24. The first kappa shape index (κ1) is 12.9. The number of hydrogen-bond acceptors (Lipinski definition) is 1. The third-order valence-electron chi connectivity index (χ3n) is 3.97. The first-order valence-corrected chi connectivity index (χ1v) is 7.12. The van der Waals surface area contributed by atoms with Gasteiger partial charge in [0.2, 0.25) is 0 Å². The average molecular weight is 285 g/mol. The van der Waals surface area contributed by atoms with Crippen LogP contribution in [0.5, 0.6) is 0 Å². The highest BCUT2D eigenvalue weighted by Crippen LogP contribution is 2.31. The Bertz CT molecular complexity index is 605. The minimum absolute atomic E-state index is 0.253. The summed E-state index contributed by atoms with van der Waals surface area (Å²) in [5.41, 5.74) is 1.11. The standard InChI is InChI=1S/C14H15ClF2N2/c15-8-14-18-12-6-10(16)11(17)7-13(12)19(14)5-4-9-2-1-3-9/h6-7,9H,1-5,8H2. The molecule has 102 valence electrons. The maximum absolute atomic E-state index is 13.4. The van der Waals surface area contributed by atoms with Crippen LogP contribution in [0.2, 0.25) is 0 Å². The smallest absolute Gasteiger partial charge is 0.161 e. The topological polar surface area (TPSA) is 17.8 Å². The lowest BCUT2D eigenvalue weighted by Gasteiger charge is -2.25. The van der Waals surface area contributed by atoms with E-state index in [1.165, 1.54) is 25.3 Å². The van der Waals surface area contributed by atoms with Crippen LogP contribution in [0, 0.1) is 17.6 Å². The van der Waals surface area contributed by atoms with Crippen LogP contribution in [0.1, 0.15) is 31.5 Å². The molecule has 0 N–H and O–H groups in total. The van der Waals surface area contributed by atoms with E-state index in [4.69, 9.17) is 11.6 Å². The minimum atomic E-state index is -0.864. The molecule has 2 aromatic rings. The first-order chi connectivity index (χ1) is 9.19. The van der Waals surface area contributed by atoms with Crippen LogP contribution < -0.4 is 0 Å². The summed E-state index contributed by atoms with van der Waals surface area (Å²) in [6.45, 7) is 0.772. The van der Waals surface area contributed by atoms with Crippen molar-refractivity contribution in [2.24, 2.45) is 5.92 Å². The summed E-state index contributed by atoms with van der Waals surface area (Å²) in [5, 5.41) is 0. The molecule has 1 aliphatic rings. The van der Waals surface area contributed by atoms with Gasteiger partial charge in [0.1, 0.15) is 5.82 Å². The molecule has 3 rings (SSSR count). The van der Waals surface area contributed by atoms with Crippen molar-refractivity contribution in [1.29, 1.82) is 0 Å². The molecule has 1 aromatic carbocycles. The zero-order valence-corrected chi connectivity index (χ0v) is 11.3. The Morgan fingerprint density at radius 1 is 1.26 bits per heavy atom. The van der Waals surface area contributed by atoms with E-state index < -0.39 is 11.6 Å². The Labute approximate surface area is 115 Å². The van der Waals surface area contributed by atoms with Crippen molar-refractivity contribution in [2.45, 2.75) is 38.1 Å². The molecule has 0 unspecified atom stereocenters. The molecule has 0 atom stereocenters. The quantitative estimate of drug-likeness (QED) is 0.768. The van der Waals surface area contributed by atoms with Gasteiger partial charge in [0.15, 0.2) is 11.6 Å². The Morgan fingerprint density at radius 2 is 2.00 bits per heavy atom. The lowest BCUT2D eigenvalue weighted by molar-refractivity contribution is 0.282. The molecular formula is C14H15ClF2N2. The number of rotatable bonds is 4. The molecule has 5 heteroatoms. The van der Waals surface area contributed by atoms with Gasteiger partial charge in [-0.25, -0.2) is 13.8 Å². The Morgan fingerprint density at radius 3 is 2.63 bits per heavy atom. The summed E-state index contributed by atoms with van der Waals surface area (Å²) in [4.78, 5) is 4.28. The Balaban J connectivity index is 1.96. The molecule has 0 saturated heterocycles. The van der Waals surface area contributed by atoms with Crippen LogP contribution >= 0.6 is 11.6 Å². The van der Waals surface area contributed by atoms with Crippen LogP contribution in [0.4, 0.5) is 8.78 Å². The number of nitrogens with zero attached hydrogens (tertiary/aromatic N) is 2. The van der Waals surface area contributed by atoms with E-state index in [2.05, 4.69) is 4.98 Å². The number of fused-ring (bicyclic) bond motifs is 1. The fraction of sp³-hybridized carbons (Fsp3) is 0.500. The molecule has 0 aliphatic heterocycles. The highest BCUT2D eigenvalue weighted by atomic mass is 35.5. The summed E-state index contributed by atoms with van der Waals surface area (Å²) in [6.07, 6.45) is 4.89. The summed E-state index contributed by atoms with van der Waals surface area (Å²) < 4.78 is 28.5. The van der Waals surface area contributed by atoms with Gasteiger partial charge in [0.05, 0.1) is 16.9 Å². The van der Waals surface area contributed by atoms with Gasteiger partial charge < -0.3 is 4.57 Å². The monoisotopic (exact) mass is 284 g/mol. The number of halogens is 3. The average Bonchev–Trinajstić information content (AvgIpc) is 2.66. The Kier molecular flexibility index (Phi) is 3.44. The van der Waals surface area contributed by atoms with Crippen molar-refractivity contribution in [3.63, 3.8) is 0 Å². The van der Waals surface area contributed by atoms with E-state index in [9.17, 15) is 8.78 Å². The van der Waals surface area contributed by atoms with Gasteiger partial charge in [-0.3, -0.25) is 0 Å². The van der Waals surface area contributed by atoms with Crippen LogP contribution in [0.15, 0.2) is 12.1 Å². The van der Waals surface area contributed by atoms with Crippen molar-refractivity contribution in [1.82, 2.24) is 9.55 Å². The van der Waals surface area contributed by atoms with Crippen LogP contribution in [-0.2, 0) is 12.4 Å². The van der Waals surface area contributed by atoms with E-state index in [1.54, 1.807) is 0 Å². The second-order valence-electron chi connectivity index (χ2n) is 5.15. The van der Waals surface area contributed by atoms with Gasteiger partial charge in [0.25, 0.3) is 0 Å². The third kappa shape index (κ3) is 2.34. The second-order valence-corrected chi connectivity index (χ2v) is 5.42. The highest BCUT2D eigenvalue weighted by molar-refractivity contribution is 6.16. The summed E-state index contributed by atoms with van der Waals surface area (Å²) >= 11 is 5.88. The molecule has 1 saturated carbocycles. The van der Waals surface area contributed by atoms with Gasteiger partial charge in [0, 0.05) is 18.7 Å². The number of aryl methyl sites for hydroxylation is 1. The van der Waals surface area contributed by atoms with Gasteiger partial charge in [-0.05, 0) is 12.3 Å². The summed E-state index contributed by atoms with van der Waals surface area (Å²) in [5.74, 6) is -0.00892. The van der Waals surface area contributed by atoms with Crippen LogP contribution in [0.3, 0.4) is 0 Å². The molecule has 0 radical (unpaired) electrons. The number of hydrogen-bond donors (Lipinski definition) is 0.